The zero-order chi connectivity index (χ0) is 12.5. The van der Waals surface area contributed by atoms with Gasteiger partial charge >= 0.3 is 0 Å². The minimum absolute atomic E-state index is 0.00799. The van der Waals surface area contributed by atoms with Gasteiger partial charge in [-0.2, -0.15) is 5.10 Å². The number of aryl methyl sites for hydroxylation is 1. The minimum Gasteiger partial charge on any atom is -0.349 e. The van der Waals surface area contributed by atoms with Crippen LogP contribution in [0.15, 0.2) is 12.4 Å². The summed E-state index contributed by atoms with van der Waals surface area (Å²) in [6, 6.07) is 0.00799. The molecule has 1 fully saturated rings. The Labute approximate surface area is 102 Å². The summed E-state index contributed by atoms with van der Waals surface area (Å²) < 4.78 is 1.75. The van der Waals surface area contributed by atoms with Crippen LogP contribution in [-0.2, 0) is 11.8 Å². The largest absolute Gasteiger partial charge is 0.349 e. The molecular weight excluding hydrogens is 216 g/mol. The van der Waals surface area contributed by atoms with Crippen molar-refractivity contribution in [3.8, 4) is 0 Å². The van der Waals surface area contributed by atoms with Gasteiger partial charge < -0.3 is 10.6 Å². The fourth-order valence-electron chi connectivity index (χ4n) is 2.13. The first kappa shape index (κ1) is 12.1. The summed E-state index contributed by atoms with van der Waals surface area (Å²) in [5.41, 5.74) is 0.770. The molecule has 0 aliphatic carbocycles. The fourth-order valence-corrected chi connectivity index (χ4v) is 2.13. The van der Waals surface area contributed by atoms with Gasteiger partial charge in [0.15, 0.2) is 0 Å². The molecule has 0 spiro atoms. The average Bonchev–Trinajstić information content (AvgIpc) is 2.88. The Bertz CT molecular complexity index is 406. The van der Waals surface area contributed by atoms with Gasteiger partial charge in [0.1, 0.15) is 0 Å². The highest BCUT2D eigenvalue weighted by molar-refractivity contribution is 5.83. The summed E-state index contributed by atoms with van der Waals surface area (Å²) in [4.78, 5) is 12.2. The van der Waals surface area contributed by atoms with Crippen molar-refractivity contribution < 1.29 is 4.79 Å². The van der Waals surface area contributed by atoms with E-state index < -0.39 is 0 Å². The van der Waals surface area contributed by atoms with E-state index in [2.05, 4.69) is 15.7 Å². The lowest BCUT2D eigenvalue weighted by atomic mass is 9.88. The van der Waals surface area contributed by atoms with Gasteiger partial charge in [0.05, 0.1) is 17.7 Å². The SMILES string of the molecule is CC(NC(=O)C1(C)CCNC1)c1cnn(C)c1. The zero-order valence-corrected chi connectivity index (χ0v) is 10.7. The first-order valence-electron chi connectivity index (χ1n) is 6.01. The summed E-state index contributed by atoms with van der Waals surface area (Å²) in [7, 11) is 1.88. The van der Waals surface area contributed by atoms with Crippen LogP contribution in [-0.4, -0.2) is 28.8 Å². The second-order valence-electron chi connectivity index (χ2n) is 5.13. The van der Waals surface area contributed by atoms with E-state index in [-0.39, 0.29) is 17.4 Å². The molecule has 0 bridgehead atoms. The van der Waals surface area contributed by atoms with Crippen molar-refractivity contribution in [1.82, 2.24) is 20.4 Å². The molecule has 1 amide bonds. The van der Waals surface area contributed by atoms with Crippen LogP contribution in [0, 0.1) is 5.41 Å². The number of nitrogens with one attached hydrogen (secondary N) is 2. The number of carbonyl (C=O) groups excluding carboxylic acids is 1. The third-order valence-corrected chi connectivity index (χ3v) is 3.49. The molecule has 1 aromatic heterocycles. The van der Waals surface area contributed by atoms with Gasteiger partial charge in [-0.3, -0.25) is 9.48 Å². The Balaban J connectivity index is 1.99. The summed E-state index contributed by atoms with van der Waals surface area (Å²) in [6.07, 6.45) is 4.62. The van der Waals surface area contributed by atoms with Crippen LogP contribution < -0.4 is 10.6 Å². The van der Waals surface area contributed by atoms with E-state index in [1.165, 1.54) is 0 Å². The molecule has 0 radical (unpaired) electrons. The van der Waals surface area contributed by atoms with Crippen LogP contribution in [0.5, 0.6) is 0 Å². The van der Waals surface area contributed by atoms with Crippen LogP contribution in [0.3, 0.4) is 0 Å². The highest BCUT2D eigenvalue weighted by Crippen LogP contribution is 2.25. The molecule has 2 atom stereocenters. The topological polar surface area (TPSA) is 59.0 Å². The molecule has 1 aliphatic rings. The van der Waals surface area contributed by atoms with Crippen molar-refractivity contribution in [3.05, 3.63) is 18.0 Å². The van der Waals surface area contributed by atoms with Crippen LogP contribution in [0.2, 0.25) is 0 Å². The van der Waals surface area contributed by atoms with Gasteiger partial charge in [-0.1, -0.05) is 0 Å². The zero-order valence-electron chi connectivity index (χ0n) is 10.7. The Hall–Kier alpha value is -1.36. The Morgan fingerprint density at radius 2 is 2.47 bits per heavy atom. The van der Waals surface area contributed by atoms with Crippen molar-refractivity contribution >= 4 is 5.91 Å². The molecule has 2 N–H and O–H groups in total. The lowest BCUT2D eigenvalue weighted by Crippen LogP contribution is -2.41. The van der Waals surface area contributed by atoms with E-state index in [0.29, 0.717) is 0 Å². The van der Waals surface area contributed by atoms with Crippen molar-refractivity contribution in [1.29, 1.82) is 0 Å². The Morgan fingerprint density at radius 1 is 1.71 bits per heavy atom. The lowest BCUT2D eigenvalue weighted by Gasteiger charge is -2.24. The van der Waals surface area contributed by atoms with E-state index in [9.17, 15) is 4.79 Å². The smallest absolute Gasteiger partial charge is 0.227 e. The summed E-state index contributed by atoms with van der Waals surface area (Å²) in [5, 5.41) is 10.4. The molecule has 1 aliphatic heterocycles. The third kappa shape index (κ3) is 2.49. The normalized spacial score (nSPS) is 25.8. The second kappa shape index (κ2) is 4.49. The maximum absolute atomic E-state index is 12.2. The minimum atomic E-state index is -0.267. The Kier molecular flexibility index (Phi) is 3.19. The predicted molar refractivity (Wildman–Crippen MR) is 65.4 cm³/mol. The number of nitrogens with zero attached hydrogens (tertiary/aromatic N) is 2. The number of aromatic nitrogens is 2. The monoisotopic (exact) mass is 236 g/mol. The molecule has 5 heteroatoms. The van der Waals surface area contributed by atoms with E-state index in [4.69, 9.17) is 0 Å². The maximum atomic E-state index is 12.2. The van der Waals surface area contributed by atoms with Crippen molar-refractivity contribution in [3.63, 3.8) is 0 Å². The van der Waals surface area contributed by atoms with Crippen molar-refractivity contribution in [2.75, 3.05) is 13.1 Å². The van der Waals surface area contributed by atoms with Gasteiger partial charge in [-0.25, -0.2) is 0 Å². The predicted octanol–water partition coefficient (Wildman–Crippen LogP) is 0.597. The van der Waals surface area contributed by atoms with E-state index in [0.717, 1.165) is 25.1 Å². The number of carbonyl (C=O) groups is 1. The highest BCUT2D eigenvalue weighted by atomic mass is 16.2. The molecular formula is C12H20N4O. The van der Waals surface area contributed by atoms with Crippen LogP contribution in [0.4, 0.5) is 0 Å². The molecule has 1 saturated heterocycles. The van der Waals surface area contributed by atoms with Crippen molar-refractivity contribution in [2.24, 2.45) is 12.5 Å². The number of rotatable bonds is 3. The molecule has 2 unspecified atom stereocenters. The molecule has 94 valence electrons. The number of hydrogen-bond acceptors (Lipinski definition) is 3. The molecule has 2 heterocycles. The van der Waals surface area contributed by atoms with Crippen LogP contribution in [0.25, 0.3) is 0 Å². The summed E-state index contributed by atoms with van der Waals surface area (Å²) in [5.74, 6) is 0.124. The molecule has 1 aromatic rings. The average molecular weight is 236 g/mol. The lowest BCUT2D eigenvalue weighted by molar-refractivity contribution is -0.129. The van der Waals surface area contributed by atoms with Gasteiger partial charge in [-0.05, 0) is 26.8 Å². The van der Waals surface area contributed by atoms with Gasteiger partial charge in [-0.15, -0.1) is 0 Å². The molecule has 5 nitrogen and oxygen atoms in total. The standard InChI is InChI=1S/C12H20N4O/c1-9(10-6-14-16(3)7-10)15-11(17)12(2)4-5-13-8-12/h6-7,9,13H,4-5,8H2,1-3H3,(H,15,17). The fraction of sp³-hybridized carbons (Fsp3) is 0.667. The van der Waals surface area contributed by atoms with Crippen LogP contribution >= 0.6 is 0 Å². The van der Waals surface area contributed by atoms with Crippen LogP contribution in [0.1, 0.15) is 31.9 Å². The van der Waals surface area contributed by atoms with Crippen molar-refractivity contribution in [2.45, 2.75) is 26.3 Å². The van der Waals surface area contributed by atoms with E-state index in [1.807, 2.05) is 27.1 Å². The number of hydrogen-bond donors (Lipinski definition) is 2. The first-order valence-corrected chi connectivity index (χ1v) is 6.01. The Morgan fingerprint density at radius 3 is 3.00 bits per heavy atom. The number of amides is 1. The van der Waals surface area contributed by atoms with Gasteiger partial charge in [0, 0.05) is 25.4 Å². The second-order valence-corrected chi connectivity index (χ2v) is 5.13. The van der Waals surface area contributed by atoms with Gasteiger partial charge in [0.25, 0.3) is 0 Å². The van der Waals surface area contributed by atoms with Gasteiger partial charge in [0.2, 0.25) is 5.91 Å². The molecule has 0 saturated carbocycles. The molecule has 17 heavy (non-hydrogen) atoms. The maximum Gasteiger partial charge on any atom is 0.227 e. The van der Waals surface area contributed by atoms with E-state index in [1.54, 1.807) is 10.9 Å². The summed E-state index contributed by atoms with van der Waals surface area (Å²) >= 11 is 0. The first-order chi connectivity index (χ1) is 8.01. The molecule has 0 aromatic carbocycles. The summed E-state index contributed by atoms with van der Waals surface area (Å²) in [6.45, 7) is 5.68. The third-order valence-electron chi connectivity index (χ3n) is 3.49. The van der Waals surface area contributed by atoms with E-state index >= 15 is 0 Å². The highest BCUT2D eigenvalue weighted by Gasteiger charge is 2.36. The quantitative estimate of drug-likeness (QED) is 0.808. The molecule has 2 rings (SSSR count).